The molecule has 1 aliphatic heterocycles. The zero-order valence-electron chi connectivity index (χ0n) is 15.1. The lowest BCUT2D eigenvalue weighted by atomic mass is 9.95. The number of carbonyl (C=O) groups excluding carboxylic acids is 1. The summed E-state index contributed by atoms with van der Waals surface area (Å²) in [6, 6.07) is 4.97. The first-order valence-corrected chi connectivity index (χ1v) is 8.60. The van der Waals surface area contributed by atoms with Gasteiger partial charge in [0.1, 0.15) is 0 Å². The van der Waals surface area contributed by atoms with Crippen LogP contribution in [0.2, 0.25) is 0 Å². The third-order valence-electron chi connectivity index (χ3n) is 4.39. The summed E-state index contributed by atoms with van der Waals surface area (Å²) in [5.74, 6) is 0. The van der Waals surface area contributed by atoms with Gasteiger partial charge in [0.2, 0.25) is 5.56 Å². The van der Waals surface area contributed by atoms with Crippen LogP contribution in [0.4, 0.5) is 4.79 Å². The number of amides is 2. The Bertz CT molecular complexity index is 622. The number of hydrogen-bond acceptors (Lipinski definition) is 3. The highest BCUT2D eigenvalue weighted by Crippen LogP contribution is 2.37. The van der Waals surface area contributed by atoms with Crippen molar-refractivity contribution in [2.24, 2.45) is 0 Å². The summed E-state index contributed by atoms with van der Waals surface area (Å²) < 4.78 is 7.66. The van der Waals surface area contributed by atoms with Gasteiger partial charge in [-0.05, 0) is 53.0 Å². The Hall–Kier alpha value is -1.82. The van der Waals surface area contributed by atoms with Crippen LogP contribution in [0.5, 0.6) is 0 Å². The number of hydrogen-bond donors (Lipinski definition) is 2. The third-order valence-corrected chi connectivity index (χ3v) is 4.39. The minimum absolute atomic E-state index is 0.00426. The highest BCUT2D eigenvalue weighted by atomic mass is 16.5. The average molecular weight is 335 g/mol. The van der Waals surface area contributed by atoms with E-state index in [9.17, 15) is 9.59 Å². The molecule has 2 heterocycles. The van der Waals surface area contributed by atoms with Crippen LogP contribution in [0.1, 0.15) is 47.0 Å². The molecule has 134 valence electrons. The molecule has 0 unspecified atom stereocenters. The van der Waals surface area contributed by atoms with Gasteiger partial charge in [-0.3, -0.25) is 4.79 Å². The SMILES string of the molecule is CC1(C)C[C@H](NC(=O)NCCCCn2ccccc2=O)C(C)(C)O1. The van der Waals surface area contributed by atoms with E-state index in [-0.39, 0.29) is 28.8 Å². The van der Waals surface area contributed by atoms with Gasteiger partial charge in [-0.2, -0.15) is 0 Å². The van der Waals surface area contributed by atoms with Crippen molar-refractivity contribution in [1.82, 2.24) is 15.2 Å². The lowest BCUT2D eigenvalue weighted by Crippen LogP contribution is -2.49. The molecule has 2 amide bonds. The molecule has 0 spiro atoms. The van der Waals surface area contributed by atoms with Crippen LogP contribution in [0.15, 0.2) is 29.2 Å². The molecule has 0 radical (unpaired) electrons. The number of rotatable bonds is 6. The smallest absolute Gasteiger partial charge is 0.315 e. The Balaban J connectivity index is 1.67. The number of nitrogens with zero attached hydrogens (tertiary/aromatic N) is 1. The summed E-state index contributed by atoms with van der Waals surface area (Å²) in [7, 11) is 0. The predicted molar refractivity (Wildman–Crippen MR) is 94.1 cm³/mol. The van der Waals surface area contributed by atoms with Crippen LogP contribution < -0.4 is 16.2 Å². The van der Waals surface area contributed by atoms with E-state index < -0.39 is 0 Å². The second-order valence-electron chi connectivity index (χ2n) is 7.56. The van der Waals surface area contributed by atoms with E-state index in [1.54, 1.807) is 22.9 Å². The second-order valence-corrected chi connectivity index (χ2v) is 7.56. The number of aromatic nitrogens is 1. The highest BCUT2D eigenvalue weighted by molar-refractivity contribution is 5.74. The van der Waals surface area contributed by atoms with Crippen LogP contribution in [0.25, 0.3) is 0 Å². The van der Waals surface area contributed by atoms with Gasteiger partial charge in [0.15, 0.2) is 0 Å². The van der Waals surface area contributed by atoms with Crippen molar-refractivity contribution in [3.05, 3.63) is 34.7 Å². The first-order valence-electron chi connectivity index (χ1n) is 8.60. The standard InChI is InChI=1S/C18H29N3O3/c1-17(2)13-14(18(3,4)24-17)20-16(23)19-10-6-8-12-21-11-7-5-9-15(21)22/h5,7,9,11,14H,6,8,10,12-13H2,1-4H3,(H2,19,20,23)/t14-/m0/s1. The Morgan fingerprint density at radius 2 is 2.04 bits per heavy atom. The molecule has 6 nitrogen and oxygen atoms in total. The number of carbonyl (C=O) groups is 1. The van der Waals surface area contributed by atoms with Gasteiger partial charge >= 0.3 is 6.03 Å². The maximum Gasteiger partial charge on any atom is 0.315 e. The van der Waals surface area contributed by atoms with Gasteiger partial charge in [-0.25, -0.2) is 4.79 Å². The molecule has 0 aromatic carbocycles. The Morgan fingerprint density at radius 1 is 1.29 bits per heavy atom. The summed E-state index contributed by atoms with van der Waals surface area (Å²) in [6.45, 7) is 9.35. The molecular formula is C18H29N3O3. The Labute approximate surface area is 143 Å². The lowest BCUT2D eigenvalue weighted by molar-refractivity contribution is -0.0690. The van der Waals surface area contributed by atoms with Gasteiger partial charge in [-0.1, -0.05) is 6.07 Å². The highest BCUT2D eigenvalue weighted by Gasteiger charge is 2.46. The van der Waals surface area contributed by atoms with Crippen molar-refractivity contribution in [3.8, 4) is 0 Å². The van der Waals surface area contributed by atoms with E-state index in [1.165, 1.54) is 0 Å². The maximum atomic E-state index is 12.1. The number of urea groups is 1. The van der Waals surface area contributed by atoms with Crippen molar-refractivity contribution >= 4 is 6.03 Å². The molecule has 2 rings (SSSR count). The van der Waals surface area contributed by atoms with Crippen LogP contribution in [-0.2, 0) is 11.3 Å². The normalized spacial score (nSPS) is 21.4. The molecule has 1 aromatic rings. The van der Waals surface area contributed by atoms with E-state index in [0.29, 0.717) is 13.1 Å². The molecule has 0 bridgehead atoms. The summed E-state index contributed by atoms with van der Waals surface area (Å²) >= 11 is 0. The number of pyridine rings is 1. The summed E-state index contributed by atoms with van der Waals surface area (Å²) in [5, 5.41) is 5.89. The van der Waals surface area contributed by atoms with Crippen molar-refractivity contribution in [1.29, 1.82) is 0 Å². The third kappa shape index (κ3) is 5.09. The van der Waals surface area contributed by atoms with Gasteiger partial charge in [-0.15, -0.1) is 0 Å². The summed E-state index contributed by atoms with van der Waals surface area (Å²) in [6.07, 6.45) is 4.25. The molecule has 24 heavy (non-hydrogen) atoms. The molecule has 1 aromatic heterocycles. The van der Waals surface area contributed by atoms with Crippen molar-refractivity contribution < 1.29 is 9.53 Å². The van der Waals surface area contributed by atoms with E-state index in [4.69, 9.17) is 4.74 Å². The molecule has 0 aliphatic carbocycles. The zero-order chi connectivity index (χ0) is 17.8. The van der Waals surface area contributed by atoms with Gasteiger partial charge in [0.25, 0.3) is 0 Å². The minimum Gasteiger partial charge on any atom is -0.367 e. The van der Waals surface area contributed by atoms with Crippen molar-refractivity contribution in [3.63, 3.8) is 0 Å². The maximum absolute atomic E-state index is 12.1. The first kappa shape index (κ1) is 18.5. The molecule has 1 atom stereocenters. The monoisotopic (exact) mass is 335 g/mol. The Morgan fingerprint density at radius 3 is 2.67 bits per heavy atom. The van der Waals surface area contributed by atoms with E-state index in [0.717, 1.165) is 19.3 Å². The first-order chi connectivity index (χ1) is 11.2. The van der Waals surface area contributed by atoms with Crippen LogP contribution in [-0.4, -0.2) is 34.4 Å². The van der Waals surface area contributed by atoms with Crippen LogP contribution in [0.3, 0.4) is 0 Å². The molecule has 6 heteroatoms. The number of ether oxygens (including phenoxy) is 1. The fraction of sp³-hybridized carbons (Fsp3) is 0.667. The summed E-state index contributed by atoms with van der Waals surface area (Å²) in [5.41, 5.74) is -0.575. The van der Waals surface area contributed by atoms with E-state index >= 15 is 0 Å². The van der Waals surface area contributed by atoms with Gasteiger partial charge in [0, 0.05) is 25.4 Å². The van der Waals surface area contributed by atoms with Crippen LogP contribution >= 0.6 is 0 Å². The molecule has 1 aliphatic rings. The second kappa shape index (κ2) is 7.38. The van der Waals surface area contributed by atoms with E-state index in [2.05, 4.69) is 10.6 Å². The number of unbranched alkanes of at least 4 members (excludes halogenated alkanes) is 1. The predicted octanol–water partition coefficient (Wildman–Crippen LogP) is 2.27. The quantitative estimate of drug-likeness (QED) is 0.783. The molecule has 1 saturated heterocycles. The van der Waals surface area contributed by atoms with E-state index in [1.807, 2.05) is 33.8 Å². The number of nitrogens with one attached hydrogen (secondary N) is 2. The van der Waals surface area contributed by atoms with Gasteiger partial charge in [0.05, 0.1) is 17.2 Å². The fourth-order valence-electron chi connectivity index (χ4n) is 3.25. The summed E-state index contributed by atoms with van der Waals surface area (Å²) in [4.78, 5) is 23.6. The molecule has 1 fully saturated rings. The Kier molecular flexibility index (Phi) is 5.70. The number of aryl methyl sites for hydroxylation is 1. The average Bonchev–Trinajstić information content (AvgIpc) is 2.67. The van der Waals surface area contributed by atoms with Crippen molar-refractivity contribution in [2.75, 3.05) is 6.54 Å². The van der Waals surface area contributed by atoms with Crippen molar-refractivity contribution in [2.45, 2.75) is 70.7 Å². The fourth-order valence-corrected chi connectivity index (χ4v) is 3.25. The van der Waals surface area contributed by atoms with Crippen LogP contribution in [0, 0.1) is 0 Å². The molecule has 2 N–H and O–H groups in total. The minimum atomic E-state index is -0.366. The molecular weight excluding hydrogens is 306 g/mol. The van der Waals surface area contributed by atoms with Gasteiger partial charge < -0.3 is 19.9 Å². The zero-order valence-corrected chi connectivity index (χ0v) is 15.1. The lowest BCUT2D eigenvalue weighted by Gasteiger charge is -2.27. The largest absolute Gasteiger partial charge is 0.367 e. The molecule has 0 saturated carbocycles. The topological polar surface area (TPSA) is 72.4 Å².